The summed E-state index contributed by atoms with van der Waals surface area (Å²) >= 11 is 6.09. The van der Waals surface area contributed by atoms with Gasteiger partial charge in [-0.1, -0.05) is 61.8 Å². The molecule has 0 amide bonds. The van der Waals surface area contributed by atoms with E-state index in [1.807, 2.05) is 24.3 Å². The van der Waals surface area contributed by atoms with Crippen LogP contribution in [0.4, 0.5) is 5.69 Å². The first-order valence-electron chi connectivity index (χ1n) is 6.24. The number of benzene rings is 2. The molecule has 0 aromatic heterocycles. The van der Waals surface area contributed by atoms with Crippen LogP contribution in [-0.4, -0.2) is 0 Å². The van der Waals surface area contributed by atoms with E-state index in [-0.39, 0.29) is 0 Å². The summed E-state index contributed by atoms with van der Waals surface area (Å²) in [6.45, 7) is 5.20. The topological polar surface area (TPSA) is 12.0 Å². The van der Waals surface area contributed by atoms with Crippen molar-refractivity contribution < 1.29 is 0 Å². The molecule has 2 rings (SSSR count). The normalized spacial score (nSPS) is 10.7. The Morgan fingerprint density at radius 1 is 1.00 bits per heavy atom. The lowest BCUT2D eigenvalue weighted by molar-refractivity contribution is 0.865. The van der Waals surface area contributed by atoms with Crippen molar-refractivity contribution in [2.75, 3.05) is 5.32 Å². The maximum Gasteiger partial charge on any atom is 0.0637 e. The predicted octanol–water partition coefficient (Wildman–Crippen LogP) is 5.08. The van der Waals surface area contributed by atoms with Crippen LogP contribution in [0.5, 0.6) is 0 Å². The lowest BCUT2D eigenvalue weighted by Gasteiger charge is -2.10. The largest absolute Gasteiger partial charge is 0.380 e. The third kappa shape index (κ3) is 3.27. The highest BCUT2D eigenvalue weighted by Gasteiger charge is 2.00. The van der Waals surface area contributed by atoms with Crippen LogP contribution in [0.2, 0.25) is 5.02 Å². The third-order valence-corrected chi connectivity index (χ3v) is 3.33. The summed E-state index contributed by atoms with van der Waals surface area (Å²) in [5.74, 6) is 0.579. The number of hydrogen-bond acceptors (Lipinski definition) is 1. The number of rotatable bonds is 4. The summed E-state index contributed by atoms with van der Waals surface area (Å²) in [6, 6.07) is 16.5. The van der Waals surface area contributed by atoms with Crippen LogP contribution in [0.15, 0.2) is 48.5 Å². The number of hydrogen-bond donors (Lipinski definition) is 1. The molecule has 0 spiro atoms. The summed E-state index contributed by atoms with van der Waals surface area (Å²) in [5.41, 5.74) is 3.61. The quantitative estimate of drug-likeness (QED) is 0.808. The molecule has 2 aromatic carbocycles. The Bertz CT molecular complexity index is 503. The van der Waals surface area contributed by atoms with Gasteiger partial charge in [-0.2, -0.15) is 0 Å². The Morgan fingerprint density at radius 2 is 1.67 bits per heavy atom. The van der Waals surface area contributed by atoms with Gasteiger partial charge in [-0.05, 0) is 29.2 Å². The molecule has 1 N–H and O–H groups in total. The first kappa shape index (κ1) is 13.0. The van der Waals surface area contributed by atoms with Crippen molar-refractivity contribution in [2.45, 2.75) is 26.3 Å². The number of halogens is 1. The molecule has 0 aliphatic carbocycles. The maximum absolute atomic E-state index is 6.09. The van der Waals surface area contributed by atoms with Crippen LogP contribution in [0.25, 0.3) is 0 Å². The maximum atomic E-state index is 6.09. The molecular formula is C16H18ClN. The third-order valence-electron chi connectivity index (χ3n) is 3.00. The minimum Gasteiger partial charge on any atom is -0.380 e. The summed E-state index contributed by atoms with van der Waals surface area (Å²) in [4.78, 5) is 0. The molecule has 0 fully saturated rings. The van der Waals surface area contributed by atoms with Crippen molar-refractivity contribution in [2.24, 2.45) is 0 Å². The molecule has 1 nitrogen and oxygen atoms in total. The number of nitrogens with one attached hydrogen (secondary N) is 1. The van der Waals surface area contributed by atoms with Gasteiger partial charge in [0.25, 0.3) is 0 Å². The smallest absolute Gasteiger partial charge is 0.0637 e. The van der Waals surface area contributed by atoms with Gasteiger partial charge in [-0.3, -0.25) is 0 Å². The van der Waals surface area contributed by atoms with Crippen molar-refractivity contribution in [3.8, 4) is 0 Å². The Kier molecular flexibility index (Phi) is 4.27. The van der Waals surface area contributed by atoms with E-state index in [1.165, 1.54) is 11.1 Å². The molecule has 0 aliphatic heterocycles. The molecule has 2 heteroatoms. The van der Waals surface area contributed by atoms with Crippen molar-refractivity contribution in [1.29, 1.82) is 0 Å². The van der Waals surface area contributed by atoms with E-state index in [1.54, 1.807) is 0 Å². The number of para-hydroxylation sites is 1. The highest BCUT2D eigenvalue weighted by Crippen LogP contribution is 2.21. The second-order valence-electron chi connectivity index (χ2n) is 4.73. The molecule has 18 heavy (non-hydrogen) atoms. The summed E-state index contributed by atoms with van der Waals surface area (Å²) < 4.78 is 0. The van der Waals surface area contributed by atoms with E-state index in [0.29, 0.717) is 5.92 Å². The summed E-state index contributed by atoms with van der Waals surface area (Å²) in [6.07, 6.45) is 0. The van der Waals surface area contributed by atoms with Gasteiger partial charge in [0.15, 0.2) is 0 Å². The van der Waals surface area contributed by atoms with Crippen LogP contribution in [0.1, 0.15) is 30.9 Å². The standard InChI is InChI=1S/C16H18ClN/c1-12(2)14-9-7-13(8-10-14)11-18-16-6-4-3-5-15(16)17/h3-10,12,18H,11H2,1-2H3. The fourth-order valence-electron chi connectivity index (χ4n) is 1.82. The van der Waals surface area contributed by atoms with Gasteiger partial charge in [0.1, 0.15) is 0 Å². The Labute approximate surface area is 114 Å². The average Bonchev–Trinajstić information content (AvgIpc) is 2.38. The Hall–Kier alpha value is -1.47. The molecule has 0 saturated heterocycles. The van der Waals surface area contributed by atoms with Crippen LogP contribution in [-0.2, 0) is 6.54 Å². The highest BCUT2D eigenvalue weighted by atomic mass is 35.5. The van der Waals surface area contributed by atoms with Crippen molar-refractivity contribution in [3.63, 3.8) is 0 Å². The molecular weight excluding hydrogens is 242 g/mol. The highest BCUT2D eigenvalue weighted by molar-refractivity contribution is 6.33. The van der Waals surface area contributed by atoms with E-state index in [2.05, 4.69) is 43.4 Å². The van der Waals surface area contributed by atoms with Gasteiger partial charge in [-0.15, -0.1) is 0 Å². The molecule has 0 bridgehead atoms. The van der Waals surface area contributed by atoms with Crippen LogP contribution >= 0.6 is 11.6 Å². The van der Waals surface area contributed by atoms with Crippen LogP contribution < -0.4 is 5.32 Å². The molecule has 0 atom stereocenters. The van der Waals surface area contributed by atoms with E-state index >= 15 is 0 Å². The Balaban J connectivity index is 2.00. The van der Waals surface area contributed by atoms with Crippen molar-refractivity contribution >= 4 is 17.3 Å². The Morgan fingerprint density at radius 3 is 2.28 bits per heavy atom. The van der Waals surface area contributed by atoms with E-state index < -0.39 is 0 Å². The minimum absolute atomic E-state index is 0.579. The van der Waals surface area contributed by atoms with E-state index in [4.69, 9.17) is 11.6 Å². The van der Waals surface area contributed by atoms with Crippen LogP contribution in [0.3, 0.4) is 0 Å². The zero-order valence-electron chi connectivity index (χ0n) is 10.8. The van der Waals surface area contributed by atoms with Gasteiger partial charge >= 0.3 is 0 Å². The molecule has 0 heterocycles. The lowest BCUT2D eigenvalue weighted by Crippen LogP contribution is -2.00. The lowest BCUT2D eigenvalue weighted by atomic mass is 10.0. The van der Waals surface area contributed by atoms with E-state index in [0.717, 1.165) is 17.3 Å². The van der Waals surface area contributed by atoms with Crippen LogP contribution in [0, 0.1) is 0 Å². The van der Waals surface area contributed by atoms with Gasteiger partial charge in [0, 0.05) is 6.54 Å². The van der Waals surface area contributed by atoms with Gasteiger partial charge in [-0.25, -0.2) is 0 Å². The molecule has 0 aliphatic rings. The minimum atomic E-state index is 0.579. The molecule has 0 radical (unpaired) electrons. The monoisotopic (exact) mass is 259 g/mol. The van der Waals surface area contributed by atoms with Crippen molar-refractivity contribution in [3.05, 3.63) is 64.7 Å². The fourth-order valence-corrected chi connectivity index (χ4v) is 2.02. The molecule has 94 valence electrons. The van der Waals surface area contributed by atoms with Gasteiger partial charge in [0.2, 0.25) is 0 Å². The average molecular weight is 260 g/mol. The predicted molar refractivity (Wildman–Crippen MR) is 79.3 cm³/mol. The second-order valence-corrected chi connectivity index (χ2v) is 5.14. The number of anilines is 1. The second kappa shape index (κ2) is 5.92. The molecule has 0 saturated carbocycles. The van der Waals surface area contributed by atoms with Gasteiger partial charge in [0.05, 0.1) is 10.7 Å². The fraction of sp³-hybridized carbons (Fsp3) is 0.250. The first-order valence-corrected chi connectivity index (χ1v) is 6.62. The zero-order valence-corrected chi connectivity index (χ0v) is 11.5. The van der Waals surface area contributed by atoms with E-state index in [9.17, 15) is 0 Å². The SMILES string of the molecule is CC(C)c1ccc(CNc2ccccc2Cl)cc1. The molecule has 2 aromatic rings. The summed E-state index contributed by atoms with van der Waals surface area (Å²) in [5, 5.41) is 4.11. The molecule has 0 unspecified atom stereocenters. The first-order chi connectivity index (χ1) is 8.66. The van der Waals surface area contributed by atoms with Gasteiger partial charge < -0.3 is 5.32 Å². The zero-order chi connectivity index (χ0) is 13.0. The van der Waals surface area contributed by atoms with Crippen molar-refractivity contribution in [1.82, 2.24) is 0 Å². The summed E-state index contributed by atoms with van der Waals surface area (Å²) in [7, 11) is 0.